The molecular formula is C20H20F6O4. The van der Waals surface area contributed by atoms with E-state index in [0.717, 1.165) is 6.08 Å². The normalized spacial score (nSPS) is 20.7. The number of halogens is 6. The fourth-order valence-electron chi connectivity index (χ4n) is 3.00. The Bertz CT molecular complexity index is 888. The summed E-state index contributed by atoms with van der Waals surface area (Å²) in [4.78, 5) is 24.0. The number of esters is 2. The standard InChI is InChI=1S/C20H20F6O4/c1-19(2,3)30-17(27)10(21)6-9-11(20(9,4)5)18(28)29-7-8-12(22)14(24)16(26)15(25)13(8)23/h6,9,11H,7H2,1-5H3/t9-,11-/m0/s1. The monoisotopic (exact) mass is 438 g/mol. The first-order valence-electron chi connectivity index (χ1n) is 8.87. The van der Waals surface area contributed by atoms with Gasteiger partial charge in [-0.25, -0.2) is 26.7 Å². The lowest BCUT2D eigenvalue weighted by Crippen LogP contribution is -2.24. The van der Waals surface area contributed by atoms with Crippen LogP contribution in [0.2, 0.25) is 0 Å². The molecule has 10 heteroatoms. The second-order valence-corrected chi connectivity index (χ2v) is 8.50. The molecule has 0 unspecified atom stereocenters. The average molecular weight is 438 g/mol. The molecule has 1 aromatic carbocycles. The van der Waals surface area contributed by atoms with E-state index >= 15 is 0 Å². The largest absolute Gasteiger partial charge is 0.460 e. The number of benzene rings is 1. The fourth-order valence-corrected chi connectivity index (χ4v) is 3.00. The summed E-state index contributed by atoms with van der Waals surface area (Å²) in [5.41, 5.74) is -3.11. The Hall–Kier alpha value is -2.52. The minimum absolute atomic E-state index is 0.797. The summed E-state index contributed by atoms with van der Waals surface area (Å²) in [6, 6.07) is 0. The van der Waals surface area contributed by atoms with Crippen LogP contribution in [0.4, 0.5) is 26.3 Å². The van der Waals surface area contributed by atoms with Gasteiger partial charge in [0.2, 0.25) is 11.6 Å². The SMILES string of the molecule is CC(C)(C)OC(=O)C(F)=C[C@H]1[C@@H](C(=O)OCc2c(F)c(F)c(F)c(F)c2F)C1(C)C. The molecule has 0 bridgehead atoms. The van der Waals surface area contributed by atoms with Gasteiger partial charge in [0, 0.05) is 0 Å². The van der Waals surface area contributed by atoms with Crippen LogP contribution in [0.3, 0.4) is 0 Å². The van der Waals surface area contributed by atoms with E-state index in [1.165, 1.54) is 0 Å². The van der Waals surface area contributed by atoms with Crippen LogP contribution in [0, 0.1) is 46.3 Å². The summed E-state index contributed by atoms with van der Waals surface area (Å²) in [6.45, 7) is 6.53. The molecule has 1 saturated carbocycles. The van der Waals surface area contributed by atoms with Crippen LogP contribution < -0.4 is 0 Å². The van der Waals surface area contributed by atoms with Gasteiger partial charge >= 0.3 is 11.9 Å². The molecule has 0 saturated heterocycles. The summed E-state index contributed by atoms with van der Waals surface area (Å²) in [5, 5.41) is 0. The molecule has 30 heavy (non-hydrogen) atoms. The van der Waals surface area contributed by atoms with Gasteiger partial charge in [-0.1, -0.05) is 13.8 Å². The quantitative estimate of drug-likeness (QED) is 0.216. The van der Waals surface area contributed by atoms with Gasteiger partial charge in [0.05, 0.1) is 11.5 Å². The number of rotatable bonds is 5. The van der Waals surface area contributed by atoms with E-state index in [0.29, 0.717) is 0 Å². The Morgan fingerprint density at radius 2 is 1.43 bits per heavy atom. The molecule has 0 aromatic heterocycles. The van der Waals surface area contributed by atoms with Gasteiger partial charge in [0.25, 0.3) is 0 Å². The molecule has 1 fully saturated rings. The maximum atomic E-state index is 14.1. The molecule has 1 aromatic rings. The summed E-state index contributed by atoms with van der Waals surface area (Å²) in [5.74, 6) is -16.1. The number of hydrogen-bond acceptors (Lipinski definition) is 4. The zero-order chi connectivity index (χ0) is 23.2. The van der Waals surface area contributed by atoms with Crippen LogP contribution in [0.15, 0.2) is 11.9 Å². The highest BCUT2D eigenvalue weighted by Crippen LogP contribution is 2.60. The Morgan fingerprint density at radius 3 is 1.90 bits per heavy atom. The number of ether oxygens (including phenoxy) is 2. The summed E-state index contributed by atoms with van der Waals surface area (Å²) in [7, 11) is 0. The van der Waals surface area contributed by atoms with Crippen LogP contribution in [0.5, 0.6) is 0 Å². The van der Waals surface area contributed by atoms with Crippen molar-refractivity contribution < 1.29 is 45.4 Å². The Balaban J connectivity index is 2.12. The van der Waals surface area contributed by atoms with Crippen LogP contribution in [-0.2, 0) is 25.7 Å². The van der Waals surface area contributed by atoms with E-state index in [1.807, 2.05) is 0 Å². The highest BCUT2D eigenvalue weighted by Gasteiger charge is 2.62. The Labute approximate surface area is 168 Å². The lowest BCUT2D eigenvalue weighted by atomic mass is 10.1. The van der Waals surface area contributed by atoms with Crippen molar-refractivity contribution in [3.63, 3.8) is 0 Å². The van der Waals surface area contributed by atoms with E-state index in [2.05, 4.69) is 0 Å². The molecule has 2 atom stereocenters. The van der Waals surface area contributed by atoms with Crippen LogP contribution >= 0.6 is 0 Å². The molecule has 0 radical (unpaired) electrons. The molecule has 0 amide bonds. The van der Waals surface area contributed by atoms with E-state index in [9.17, 15) is 35.9 Å². The molecule has 0 aliphatic heterocycles. The second kappa shape index (κ2) is 7.96. The molecular weight excluding hydrogens is 418 g/mol. The van der Waals surface area contributed by atoms with Crippen molar-refractivity contribution in [3.8, 4) is 0 Å². The molecule has 0 spiro atoms. The maximum Gasteiger partial charge on any atom is 0.367 e. The third kappa shape index (κ3) is 4.62. The molecule has 4 nitrogen and oxygen atoms in total. The minimum atomic E-state index is -2.33. The molecule has 166 valence electrons. The van der Waals surface area contributed by atoms with Crippen LogP contribution in [0.1, 0.15) is 40.2 Å². The second-order valence-electron chi connectivity index (χ2n) is 8.50. The predicted octanol–water partition coefficient (Wildman–Crippen LogP) is 4.89. The Morgan fingerprint density at radius 1 is 0.967 bits per heavy atom. The molecule has 2 rings (SSSR count). The van der Waals surface area contributed by atoms with E-state index in [-0.39, 0.29) is 0 Å². The van der Waals surface area contributed by atoms with E-state index < -0.39 is 81.9 Å². The molecule has 1 aliphatic carbocycles. The van der Waals surface area contributed by atoms with Gasteiger partial charge in [-0.05, 0) is 38.2 Å². The Kier molecular flexibility index (Phi) is 6.30. The number of allylic oxidation sites excluding steroid dienone is 1. The predicted molar refractivity (Wildman–Crippen MR) is 91.8 cm³/mol. The highest BCUT2D eigenvalue weighted by molar-refractivity contribution is 5.87. The first-order chi connectivity index (χ1) is 13.6. The van der Waals surface area contributed by atoms with E-state index in [4.69, 9.17) is 9.47 Å². The van der Waals surface area contributed by atoms with Gasteiger partial charge in [0.15, 0.2) is 23.3 Å². The highest BCUT2D eigenvalue weighted by atomic mass is 19.2. The summed E-state index contributed by atoms with van der Waals surface area (Å²) < 4.78 is 90.5. The molecule has 0 N–H and O–H groups in total. The van der Waals surface area contributed by atoms with Crippen LogP contribution in [0.25, 0.3) is 0 Å². The van der Waals surface area contributed by atoms with Crippen molar-refractivity contribution in [2.45, 2.75) is 46.8 Å². The van der Waals surface area contributed by atoms with Crippen molar-refractivity contribution in [1.82, 2.24) is 0 Å². The maximum absolute atomic E-state index is 14.1. The third-order valence-corrected chi connectivity index (χ3v) is 4.74. The zero-order valence-electron chi connectivity index (χ0n) is 16.8. The zero-order valence-corrected chi connectivity index (χ0v) is 16.8. The van der Waals surface area contributed by atoms with Crippen LogP contribution in [-0.4, -0.2) is 17.5 Å². The molecule has 0 heterocycles. The lowest BCUT2D eigenvalue weighted by Gasteiger charge is -2.18. The van der Waals surface area contributed by atoms with Gasteiger partial charge < -0.3 is 9.47 Å². The third-order valence-electron chi connectivity index (χ3n) is 4.74. The fraction of sp³-hybridized carbons (Fsp3) is 0.500. The summed E-state index contributed by atoms with van der Waals surface area (Å²) in [6.07, 6.45) is 0.887. The first-order valence-corrected chi connectivity index (χ1v) is 8.87. The van der Waals surface area contributed by atoms with Gasteiger partial charge in [-0.15, -0.1) is 0 Å². The lowest BCUT2D eigenvalue weighted by molar-refractivity contribution is -0.152. The summed E-state index contributed by atoms with van der Waals surface area (Å²) >= 11 is 0. The smallest absolute Gasteiger partial charge is 0.367 e. The van der Waals surface area contributed by atoms with Crippen molar-refractivity contribution in [2.75, 3.05) is 0 Å². The molecule has 1 aliphatic rings. The van der Waals surface area contributed by atoms with Gasteiger partial charge in [0.1, 0.15) is 12.2 Å². The van der Waals surface area contributed by atoms with Crippen molar-refractivity contribution in [2.24, 2.45) is 17.3 Å². The number of carbonyl (C=O) groups is 2. The number of carbonyl (C=O) groups excluding carboxylic acids is 2. The van der Waals surface area contributed by atoms with Crippen molar-refractivity contribution in [1.29, 1.82) is 0 Å². The minimum Gasteiger partial charge on any atom is -0.460 e. The van der Waals surface area contributed by atoms with Gasteiger partial charge in [-0.2, -0.15) is 4.39 Å². The van der Waals surface area contributed by atoms with E-state index in [1.54, 1.807) is 34.6 Å². The first kappa shape index (κ1) is 23.8. The average Bonchev–Trinajstić information content (AvgIpc) is 3.16. The van der Waals surface area contributed by atoms with Crippen molar-refractivity contribution in [3.05, 3.63) is 46.6 Å². The number of hydrogen-bond donors (Lipinski definition) is 0. The topological polar surface area (TPSA) is 52.6 Å². The van der Waals surface area contributed by atoms with Gasteiger partial charge in [-0.3, -0.25) is 4.79 Å². The van der Waals surface area contributed by atoms with Crippen molar-refractivity contribution >= 4 is 11.9 Å².